The van der Waals surface area contributed by atoms with Gasteiger partial charge in [0.05, 0.1) is 11.5 Å². The van der Waals surface area contributed by atoms with Crippen molar-refractivity contribution < 1.29 is 4.79 Å². The van der Waals surface area contributed by atoms with E-state index in [9.17, 15) is 9.59 Å². The van der Waals surface area contributed by atoms with Crippen LogP contribution >= 0.6 is 12.2 Å². The van der Waals surface area contributed by atoms with Crippen LogP contribution in [0, 0.1) is 0 Å². The Hall–Kier alpha value is -1.69. The van der Waals surface area contributed by atoms with Crippen molar-refractivity contribution >= 4 is 23.1 Å². The molecule has 0 saturated heterocycles. The number of nitrogens with two attached hydrogens (primary N) is 1. The standard InChI is InChI=1S/C12H17N3O2S/c1-3-5-15(8-10(13)18)12(17)9-4-6-14(2)11(16)7-9/h4,6-7H,3,5,8H2,1-2H3,(H2,13,18). The summed E-state index contributed by atoms with van der Waals surface area (Å²) in [6.45, 7) is 2.76. The van der Waals surface area contributed by atoms with E-state index in [2.05, 4.69) is 0 Å². The zero-order valence-corrected chi connectivity index (χ0v) is 11.4. The summed E-state index contributed by atoms with van der Waals surface area (Å²) in [6.07, 6.45) is 2.37. The van der Waals surface area contributed by atoms with E-state index in [4.69, 9.17) is 18.0 Å². The average Bonchev–Trinajstić information content (AvgIpc) is 2.31. The number of aromatic nitrogens is 1. The van der Waals surface area contributed by atoms with Crippen molar-refractivity contribution in [3.8, 4) is 0 Å². The zero-order chi connectivity index (χ0) is 13.7. The zero-order valence-electron chi connectivity index (χ0n) is 10.5. The molecule has 1 aromatic heterocycles. The van der Waals surface area contributed by atoms with Crippen LogP contribution in [0.5, 0.6) is 0 Å². The maximum absolute atomic E-state index is 12.2. The first kappa shape index (κ1) is 14.4. The number of hydrogen-bond donors (Lipinski definition) is 1. The molecular formula is C12H17N3O2S. The summed E-state index contributed by atoms with van der Waals surface area (Å²) >= 11 is 4.82. The molecule has 0 aromatic carbocycles. The van der Waals surface area contributed by atoms with Gasteiger partial charge in [-0.15, -0.1) is 0 Å². The van der Waals surface area contributed by atoms with Gasteiger partial charge in [-0.05, 0) is 12.5 Å². The van der Waals surface area contributed by atoms with Gasteiger partial charge in [0.15, 0.2) is 0 Å². The molecule has 0 atom stereocenters. The van der Waals surface area contributed by atoms with Crippen LogP contribution in [0.25, 0.3) is 0 Å². The molecule has 0 unspecified atom stereocenters. The second kappa shape index (κ2) is 6.30. The van der Waals surface area contributed by atoms with E-state index in [1.165, 1.54) is 10.6 Å². The minimum Gasteiger partial charge on any atom is -0.392 e. The summed E-state index contributed by atoms with van der Waals surface area (Å²) in [6, 6.07) is 2.94. The van der Waals surface area contributed by atoms with Crippen LogP contribution in [0.3, 0.4) is 0 Å². The molecule has 2 N–H and O–H groups in total. The van der Waals surface area contributed by atoms with Gasteiger partial charge in [0.2, 0.25) is 0 Å². The maximum atomic E-state index is 12.2. The number of amides is 1. The highest BCUT2D eigenvalue weighted by Gasteiger charge is 2.16. The third-order valence-electron chi connectivity index (χ3n) is 2.48. The Morgan fingerprint density at radius 2 is 2.22 bits per heavy atom. The predicted molar refractivity (Wildman–Crippen MR) is 74.7 cm³/mol. The second-order valence-electron chi connectivity index (χ2n) is 4.06. The van der Waals surface area contributed by atoms with E-state index in [1.54, 1.807) is 24.2 Å². The van der Waals surface area contributed by atoms with Crippen LogP contribution in [0.2, 0.25) is 0 Å². The first-order valence-corrected chi connectivity index (χ1v) is 6.10. The molecule has 1 amide bonds. The third-order valence-corrected chi connectivity index (χ3v) is 2.61. The molecule has 1 heterocycles. The van der Waals surface area contributed by atoms with Crippen molar-refractivity contribution in [2.24, 2.45) is 12.8 Å². The van der Waals surface area contributed by atoms with Gasteiger partial charge in [-0.25, -0.2) is 0 Å². The van der Waals surface area contributed by atoms with E-state index in [1.807, 2.05) is 6.92 Å². The second-order valence-corrected chi connectivity index (χ2v) is 4.58. The van der Waals surface area contributed by atoms with Crippen LogP contribution in [-0.4, -0.2) is 33.5 Å². The van der Waals surface area contributed by atoms with Gasteiger partial charge in [-0.3, -0.25) is 9.59 Å². The van der Waals surface area contributed by atoms with Gasteiger partial charge in [0.25, 0.3) is 11.5 Å². The molecule has 0 fully saturated rings. The first-order valence-electron chi connectivity index (χ1n) is 5.70. The Morgan fingerprint density at radius 3 is 2.72 bits per heavy atom. The molecule has 0 spiro atoms. The maximum Gasteiger partial charge on any atom is 0.254 e. The van der Waals surface area contributed by atoms with Crippen LogP contribution in [0.15, 0.2) is 23.1 Å². The molecule has 0 aliphatic heterocycles. The molecule has 1 aromatic rings. The molecular weight excluding hydrogens is 250 g/mol. The molecule has 18 heavy (non-hydrogen) atoms. The van der Waals surface area contributed by atoms with Gasteiger partial charge in [0, 0.05) is 31.4 Å². The van der Waals surface area contributed by atoms with Crippen LogP contribution in [0.4, 0.5) is 0 Å². The van der Waals surface area contributed by atoms with Crippen molar-refractivity contribution in [2.45, 2.75) is 13.3 Å². The number of thiocarbonyl (C=S) groups is 1. The van der Waals surface area contributed by atoms with E-state index in [0.717, 1.165) is 6.42 Å². The van der Waals surface area contributed by atoms with Crippen molar-refractivity contribution in [3.63, 3.8) is 0 Å². The lowest BCUT2D eigenvalue weighted by Gasteiger charge is -2.21. The highest BCUT2D eigenvalue weighted by molar-refractivity contribution is 7.80. The summed E-state index contributed by atoms with van der Waals surface area (Å²) in [4.78, 5) is 25.5. The predicted octanol–water partition coefficient (Wildman–Crippen LogP) is 0.524. The van der Waals surface area contributed by atoms with Gasteiger partial charge in [0.1, 0.15) is 0 Å². The normalized spacial score (nSPS) is 10.1. The smallest absolute Gasteiger partial charge is 0.254 e. The van der Waals surface area contributed by atoms with Crippen molar-refractivity contribution in [3.05, 3.63) is 34.2 Å². The molecule has 0 aliphatic rings. The molecule has 0 saturated carbocycles. The lowest BCUT2D eigenvalue weighted by Crippen LogP contribution is -2.38. The van der Waals surface area contributed by atoms with Gasteiger partial charge < -0.3 is 15.2 Å². The van der Waals surface area contributed by atoms with Gasteiger partial charge in [-0.1, -0.05) is 19.1 Å². The molecule has 98 valence electrons. The topological polar surface area (TPSA) is 68.3 Å². The summed E-state index contributed by atoms with van der Waals surface area (Å²) < 4.78 is 1.41. The SMILES string of the molecule is CCCN(CC(N)=S)C(=O)c1ccn(C)c(=O)c1. The van der Waals surface area contributed by atoms with Crippen molar-refractivity contribution in [1.82, 2.24) is 9.47 Å². The Balaban J connectivity index is 2.97. The molecule has 0 aliphatic carbocycles. The Kier molecular flexibility index (Phi) is 5.03. The van der Waals surface area contributed by atoms with E-state index < -0.39 is 0 Å². The van der Waals surface area contributed by atoms with Crippen LogP contribution in [-0.2, 0) is 7.05 Å². The van der Waals surface area contributed by atoms with E-state index in [-0.39, 0.29) is 23.0 Å². The number of aryl methyl sites for hydroxylation is 1. The average molecular weight is 267 g/mol. The third kappa shape index (κ3) is 3.66. The first-order chi connectivity index (χ1) is 8.45. The largest absolute Gasteiger partial charge is 0.392 e. The van der Waals surface area contributed by atoms with Crippen LogP contribution < -0.4 is 11.3 Å². The van der Waals surface area contributed by atoms with Gasteiger partial charge >= 0.3 is 0 Å². The minimum absolute atomic E-state index is 0.215. The fourth-order valence-electron chi connectivity index (χ4n) is 1.57. The fourth-order valence-corrected chi connectivity index (χ4v) is 1.73. The number of pyridine rings is 1. The highest BCUT2D eigenvalue weighted by Crippen LogP contribution is 2.03. The quantitative estimate of drug-likeness (QED) is 0.790. The van der Waals surface area contributed by atoms with Gasteiger partial charge in [-0.2, -0.15) is 0 Å². The lowest BCUT2D eigenvalue weighted by atomic mass is 10.2. The molecule has 1 rings (SSSR count). The van der Waals surface area contributed by atoms with E-state index in [0.29, 0.717) is 12.1 Å². The monoisotopic (exact) mass is 267 g/mol. The fraction of sp³-hybridized carbons (Fsp3) is 0.417. The van der Waals surface area contributed by atoms with E-state index >= 15 is 0 Å². The Morgan fingerprint density at radius 1 is 1.56 bits per heavy atom. The molecule has 0 radical (unpaired) electrons. The highest BCUT2D eigenvalue weighted by atomic mass is 32.1. The van der Waals surface area contributed by atoms with Crippen molar-refractivity contribution in [1.29, 1.82) is 0 Å². The summed E-state index contributed by atoms with van der Waals surface area (Å²) in [5.41, 5.74) is 5.61. The summed E-state index contributed by atoms with van der Waals surface area (Å²) in [7, 11) is 1.63. The number of nitrogens with zero attached hydrogens (tertiary/aromatic N) is 2. The number of carbonyl (C=O) groups is 1. The number of rotatable bonds is 5. The summed E-state index contributed by atoms with van der Waals surface area (Å²) in [5, 5.41) is 0. The summed E-state index contributed by atoms with van der Waals surface area (Å²) in [5.74, 6) is -0.220. The number of hydrogen-bond acceptors (Lipinski definition) is 3. The minimum atomic E-state index is -0.220. The molecule has 6 heteroatoms. The molecule has 0 bridgehead atoms. The Bertz CT molecular complexity index is 510. The molecule has 5 nitrogen and oxygen atoms in total. The Labute approximate surface area is 111 Å². The lowest BCUT2D eigenvalue weighted by molar-refractivity contribution is 0.0779. The van der Waals surface area contributed by atoms with Crippen LogP contribution in [0.1, 0.15) is 23.7 Å². The van der Waals surface area contributed by atoms with Crippen molar-refractivity contribution in [2.75, 3.05) is 13.1 Å². The number of carbonyl (C=O) groups excluding carboxylic acids is 1.